The van der Waals surface area contributed by atoms with Gasteiger partial charge in [-0.25, -0.2) is 4.39 Å². The molecule has 0 bridgehead atoms. The minimum absolute atomic E-state index is 0.0981. The summed E-state index contributed by atoms with van der Waals surface area (Å²) in [7, 11) is 0. The monoisotopic (exact) mass is 467 g/mol. The van der Waals surface area contributed by atoms with E-state index in [1.165, 1.54) is 35.6 Å². The molecule has 5 nitrogen and oxygen atoms in total. The highest BCUT2D eigenvalue weighted by molar-refractivity contribution is 7.73. The Morgan fingerprint density at radius 3 is 2.75 bits per heavy atom. The lowest BCUT2D eigenvalue weighted by molar-refractivity contribution is -0.116. The highest BCUT2D eigenvalue weighted by Crippen LogP contribution is 2.35. The Hall–Kier alpha value is -3.10. The summed E-state index contributed by atoms with van der Waals surface area (Å²) in [6.07, 6.45) is 6.44. The van der Waals surface area contributed by atoms with E-state index in [0.29, 0.717) is 27.5 Å². The molecule has 1 aliphatic heterocycles. The van der Waals surface area contributed by atoms with Crippen molar-refractivity contribution in [2.75, 3.05) is 5.32 Å². The van der Waals surface area contributed by atoms with Crippen molar-refractivity contribution in [3.8, 4) is 5.88 Å². The molecular weight excluding hydrogens is 445 g/mol. The standard InChI is InChI=1S/C24H22FN3O2S2/c25-17-9-11-18(12-10-17)27-22(29)8-2-1-5-13-28-23(30)21(32-24(28)31)14-16-15-26-20-7-4-3-6-19(16)20/h3-4,6-7,9-12,14-15,30H,1-2,5,8,13H2,(H,27,29)/b16-14-. The van der Waals surface area contributed by atoms with Gasteiger partial charge in [0.1, 0.15) is 5.82 Å². The number of aliphatic imine (C=N–C) groups is 1. The van der Waals surface area contributed by atoms with Crippen LogP contribution in [0.5, 0.6) is 5.88 Å². The Kier molecular flexibility index (Phi) is 6.92. The number of fused-ring (bicyclic) bond motifs is 1. The van der Waals surface area contributed by atoms with Crippen molar-refractivity contribution in [1.82, 2.24) is 4.57 Å². The van der Waals surface area contributed by atoms with Crippen molar-refractivity contribution in [3.63, 3.8) is 0 Å². The van der Waals surface area contributed by atoms with E-state index in [2.05, 4.69) is 10.3 Å². The minimum atomic E-state index is -0.334. The van der Waals surface area contributed by atoms with Gasteiger partial charge in [0.25, 0.3) is 0 Å². The molecule has 1 aliphatic rings. The second-order valence-corrected chi connectivity index (χ2v) is 9.12. The molecule has 2 N–H and O–H groups in total. The van der Waals surface area contributed by atoms with Gasteiger partial charge in [-0.2, -0.15) is 0 Å². The van der Waals surface area contributed by atoms with E-state index in [-0.39, 0.29) is 17.6 Å². The lowest BCUT2D eigenvalue weighted by atomic mass is 10.1. The molecule has 0 unspecified atom stereocenters. The Labute approximate surface area is 194 Å². The maximum atomic E-state index is 12.9. The molecule has 4 rings (SSSR count). The van der Waals surface area contributed by atoms with E-state index in [0.717, 1.165) is 36.1 Å². The third-order valence-electron chi connectivity index (χ3n) is 5.15. The Morgan fingerprint density at radius 2 is 1.94 bits per heavy atom. The lowest BCUT2D eigenvalue weighted by Gasteiger charge is -2.06. The number of anilines is 1. The minimum Gasteiger partial charge on any atom is -0.493 e. The molecule has 32 heavy (non-hydrogen) atoms. The van der Waals surface area contributed by atoms with E-state index < -0.39 is 0 Å². The molecular formula is C24H22FN3O2S2. The smallest absolute Gasteiger partial charge is 0.224 e. The van der Waals surface area contributed by atoms with Crippen LogP contribution < -0.4 is 5.32 Å². The molecule has 0 aliphatic carbocycles. The number of aromatic nitrogens is 1. The zero-order valence-electron chi connectivity index (χ0n) is 17.3. The first kappa shape index (κ1) is 22.1. The number of hydrogen-bond donors (Lipinski definition) is 2. The number of nitrogens with one attached hydrogen (secondary N) is 1. The maximum Gasteiger partial charge on any atom is 0.224 e. The van der Waals surface area contributed by atoms with Gasteiger partial charge in [-0.3, -0.25) is 14.4 Å². The molecule has 2 aromatic carbocycles. The average Bonchev–Trinajstić information content (AvgIpc) is 3.31. The van der Waals surface area contributed by atoms with Crippen LogP contribution in [0.4, 0.5) is 15.8 Å². The number of para-hydroxylation sites is 1. The number of nitrogens with zero attached hydrogens (tertiary/aromatic N) is 2. The van der Waals surface area contributed by atoms with Gasteiger partial charge in [-0.15, -0.1) is 11.3 Å². The van der Waals surface area contributed by atoms with Crippen molar-refractivity contribution >= 4 is 58.7 Å². The highest BCUT2D eigenvalue weighted by Gasteiger charge is 2.15. The van der Waals surface area contributed by atoms with Crippen LogP contribution >= 0.6 is 23.6 Å². The van der Waals surface area contributed by atoms with Crippen LogP contribution in [0, 0.1) is 9.77 Å². The largest absolute Gasteiger partial charge is 0.493 e. The van der Waals surface area contributed by atoms with Crippen LogP contribution in [-0.4, -0.2) is 21.8 Å². The van der Waals surface area contributed by atoms with Gasteiger partial charge in [-0.05, 0) is 61.5 Å². The molecule has 8 heteroatoms. The lowest BCUT2D eigenvalue weighted by Crippen LogP contribution is -2.11. The van der Waals surface area contributed by atoms with E-state index in [4.69, 9.17) is 12.2 Å². The van der Waals surface area contributed by atoms with Crippen LogP contribution in [0.15, 0.2) is 53.5 Å². The SMILES string of the molecule is O=C(CCCCCn1c(O)c(/C=C2/C=Nc3ccccc32)sc1=S)Nc1ccc(F)cc1. The summed E-state index contributed by atoms with van der Waals surface area (Å²) in [5, 5.41) is 13.4. The number of amides is 1. The van der Waals surface area contributed by atoms with E-state index in [1.54, 1.807) is 10.8 Å². The zero-order chi connectivity index (χ0) is 22.5. The molecule has 0 spiro atoms. The number of carbonyl (C=O) groups is 1. The fourth-order valence-electron chi connectivity index (χ4n) is 3.49. The molecule has 0 radical (unpaired) electrons. The predicted octanol–water partition coefficient (Wildman–Crippen LogP) is 6.58. The summed E-state index contributed by atoms with van der Waals surface area (Å²) in [6.45, 7) is 0.592. The van der Waals surface area contributed by atoms with Crippen LogP contribution in [-0.2, 0) is 11.3 Å². The van der Waals surface area contributed by atoms with Crippen molar-refractivity contribution < 1.29 is 14.3 Å². The molecule has 0 saturated heterocycles. The Bertz CT molecular complexity index is 1240. The van der Waals surface area contributed by atoms with Crippen molar-refractivity contribution in [1.29, 1.82) is 0 Å². The molecule has 1 aromatic heterocycles. The van der Waals surface area contributed by atoms with Crippen molar-refractivity contribution in [2.24, 2.45) is 4.99 Å². The van der Waals surface area contributed by atoms with E-state index in [1.807, 2.05) is 30.3 Å². The number of thiazole rings is 1. The van der Waals surface area contributed by atoms with Gasteiger partial charge in [0, 0.05) is 36.0 Å². The first-order valence-corrected chi connectivity index (χ1v) is 11.6. The molecule has 0 atom stereocenters. The van der Waals surface area contributed by atoms with Gasteiger partial charge in [0.05, 0.1) is 10.6 Å². The molecule has 0 saturated carbocycles. The quantitative estimate of drug-likeness (QED) is 0.290. The topological polar surface area (TPSA) is 66.6 Å². The van der Waals surface area contributed by atoms with Gasteiger partial charge in [0.2, 0.25) is 11.8 Å². The number of aromatic hydroxyl groups is 1. The molecule has 164 valence electrons. The molecule has 0 fully saturated rings. The number of hydrogen-bond acceptors (Lipinski definition) is 5. The number of benzene rings is 2. The number of halogens is 1. The first-order valence-electron chi connectivity index (χ1n) is 10.3. The van der Waals surface area contributed by atoms with Crippen LogP contribution in [0.2, 0.25) is 0 Å². The van der Waals surface area contributed by atoms with Gasteiger partial charge < -0.3 is 10.4 Å². The van der Waals surface area contributed by atoms with Gasteiger partial charge in [0.15, 0.2) is 3.95 Å². The Balaban J connectivity index is 1.28. The van der Waals surface area contributed by atoms with Crippen molar-refractivity contribution in [2.45, 2.75) is 32.2 Å². The van der Waals surface area contributed by atoms with Crippen LogP contribution in [0.1, 0.15) is 36.1 Å². The second kappa shape index (κ2) is 10.0. The number of allylic oxidation sites excluding steroid dienone is 1. The van der Waals surface area contributed by atoms with E-state index in [9.17, 15) is 14.3 Å². The Morgan fingerprint density at radius 1 is 1.16 bits per heavy atom. The van der Waals surface area contributed by atoms with E-state index >= 15 is 0 Å². The molecule has 3 aromatic rings. The summed E-state index contributed by atoms with van der Waals surface area (Å²) in [6, 6.07) is 13.6. The van der Waals surface area contributed by atoms with Crippen LogP contribution in [0.3, 0.4) is 0 Å². The first-order chi connectivity index (χ1) is 15.5. The van der Waals surface area contributed by atoms with Crippen molar-refractivity contribution in [3.05, 3.63) is 68.7 Å². The number of carbonyl (C=O) groups excluding carboxylic acids is 1. The molecule has 2 heterocycles. The van der Waals surface area contributed by atoms with Gasteiger partial charge >= 0.3 is 0 Å². The summed E-state index contributed by atoms with van der Waals surface area (Å²) in [4.78, 5) is 17.1. The fraction of sp³-hybridized carbons (Fsp3) is 0.208. The number of unbranched alkanes of at least 4 members (excludes halogenated alkanes) is 2. The van der Waals surface area contributed by atoms with Gasteiger partial charge in [-0.1, -0.05) is 24.6 Å². The second-order valence-electron chi connectivity index (χ2n) is 7.45. The average molecular weight is 468 g/mol. The summed E-state index contributed by atoms with van der Waals surface area (Å²) in [5.41, 5.74) is 3.50. The third-order valence-corrected chi connectivity index (χ3v) is 6.54. The normalized spacial score (nSPS) is 13.5. The highest BCUT2D eigenvalue weighted by atomic mass is 32.1. The predicted molar refractivity (Wildman–Crippen MR) is 131 cm³/mol. The summed E-state index contributed by atoms with van der Waals surface area (Å²) < 4.78 is 15.3. The fourth-order valence-corrected chi connectivity index (χ4v) is 4.80. The van der Waals surface area contributed by atoms with Crippen LogP contribution in [0.25, 0.3) is 11.6 Å². The summed E-state index contributed by atoms with van der Waals surface area (Å²) >= 11 is 6.82. The molecule has 1 amide bonds. The maximum absolute atomic E-state index is 12.9. The number of rotatable bonds is 8. The summed E-state index contributed by atoms with van der Waals surface area (Å²) in [5.74, 6) is -0.266. The zero-order valence-corrected chi connectivity index (χ0v) is 18.9. The third kappa shape index (κ3) is 5.20.